The topological polar surface area (TPSA) is 88.2 Å². The van der Waals surface area contributed by atoms with Crippen molar-refractivity contribution in [3.63, 3.8) is 0 Å². The molecular formula is C15H15FN4O3S. The number of benzene rings is 1. The van der Waals surface area contributed by atoms with Crippen LogP contribution in [-0.2, 0) is 21.8 Å². The average molecular weight is 350 g/mol. The number of nitrogens with zero attached hydrogens (tertiary/aromatic N) is 4. The van der Waals surface area contributed by atoms with E-state index in [2.05, 4.69) is 5.10 Å². The van der Waals surface area contributed by atoms with Gasteiger partial charge in [0.1, 0.15) is 16.8 Å². The Morgan fingerprint density at radius 2 is 2.25 bits per heavy atom. The molecule has 0 radical (unpaired) electrons. The molecule has 1 saturated heterocycles. The van der Waals surface area contributed by atoms with Gasteiger partial charge >= 0.3 is 0 Å². The van der Waals surface area contributed by atoms with Gasteiger partial charge in [0.2, 0.25) is 10.0 Å². The Balaban J connectivity index is 1.91. The lowest BCUT2D eigenvalue weighted by atomic mass is 10.2. The van der Waals surface area contributed by atoms with Crippen LogP contribution >= 0.6 is 0 Å². The molecule has 126 valence electrons. The van der Waals surface area contributed by atoms with E-state index in [1.807, 2.05) is 0 Å². The maximum Gasteiger partial charge on any atom is 0.244 e. The summed E-state index contributed by atoms with van der Waals surface area (Å²) in [5.74, 6) is -0.652. The third-order valence-electron chi connectivity index (χ3n) is 3.81. The van der Waals surface area contributed by atoms with E-state index >= 15 is 0 Å². The summed E-state index contributed by atoms with van der Waals surface area (Å²) >= 11 is 0. The van der Waals surface area contributed by atoms with Gasteiger partial charge in [0.25, 0.3) is 0 Å². The van der Waals surface area contributed by atoms with Crippen LogP contribution in [0.1, 0.15) is 17.2 Å². The number of sulfonamides is 1. The third kappa shape index (κ3) is 3.03. The first-order valence-corrected chi connectivity index (χ1v) is 8.66. The van der Waals surface area contributed by atoms with Gasteiger partial charge in [-0.15, -0.1) is 0 Å². The molecule has 0 bridgehead atoms. The summed E-state index contributed by atoms with van der Waals surface area (Å²) in [5.41, 5.74) is 0.566. The number of nitriles is 1. The van der Waals surface area contributed by atoms with Crippen LogP contribution in [0.25, 0.3) is 0 Å². The molecule has 3 rings (SSSR count). The molecule has 2 aromatic rings. The molecule has 24 heavy (non-hydrogen) atoms. The van der Waals surface area contributed by atoms with Crippen molar-refractivity contribution in [3.05, 3.63) is 47.5 Å². The van der Waals surface area contributed by atoms with Gasteiger partial charge in [0.15, 0.2) is 0 Å². The van der Waals surface area contributed by atoms with E-state index in [0.717, 1.165) is 23.8 Å². The average Bonchev–Trinajstić information content (AvgIpc) is 3.01. The summed E-state index contributed by atoms with van der Waals surface area (Å²) in [6, 6.07) is 4.82. The van der Waals surface area contributed by atoms with Gasteiger partial charge in [-0.1, -0.05) is 0 Å². The summed E-state index contributed by atoms with van der Waals surface area (Å²) < 4.78 is 47.4. The summed E-state index contributed by atoms with van der Waals surface area (Å²) in [7, 11) is -2.16. The Hall–Kier alpha value is -2.28. The molecule has 1 atom stereocenters. The first-order valence-electron chi connectivity index (χ1n) is 7.22. The number of aryl methyl sites for hydroxylation is 1. The molecule has 0 N–H and O–H groups in total. The molecule has 1 aliphatic heterocycles. The fourth-order valence-electron chi connectivity index (χ4n) is 2.61. The number of morpholine rings is 1. The van der Waals surface area contributed by atoms with E-state index in [1.165, 1.54) is 4.31 Å². The van der Waals surface area contributed by atoms with Gasteiger partial charge < -0.3 is 4.74 Å². The van der Waals surface area contributed by atoms with Crippen molar-refractivity contribution < 1.29 is 17.5 Å². The zero-order chi connectivity index (χ0) is 17.3. The number of hydrogen-bond acceptors (Lipinski definition) is 5. The highest BCUT2D eigenvalue weighted by molar-refractivity contribution is 7.89. The zero-order valence-corrected chi connectivity index (χ0v) is 13.7. The van der Waals surface area contributed by atoms with E-state index in [1.54, 1.807) is 30.2 Å². The second-order valence-electron chi connectivity index (χ2n) is 5.42. The quantitative estimate of drug-likeness (QED) is 0.830. The maximum atomic E-state index is 13.3. The SMILES string of the molecule is Cn1cc(C2CN(S(=O)(=O)c3ccc(F)cc3C#N)CCO2)cn1. The van der Waals surface area contributed by atoms with Crippen molar-refractivity contribution in [2.75, 3.05) is 19.7 Å². The van der Waals surface area contributed by atoms with Gasteiger partial charge in [-0.25, -0.2) is 12.8 Å². The number of ether oxygens (including phenoxy) is 1. The normalized spacial score (nSPS) is 19.1. The molecule has 0 aliphatic carbocycles. The molecular weight excluding hydrogens is 335 g/mol. The number of aromatic nitrogens is 2. The first kappa shape index (κ1) is 16.6. The molecule has 1 unspecified atom stereocenters. The molecule has 1 fully saturated rings. The minimum Gasteiger partial charge on any atom is -0.371 e. The minimum absolute atomic E-state index is 0.107. The van der Waals surface area contributed by atoms with Crippen LogP contribution in [0.15, 0.2) is 35.5 Å². The van der Waals surface area contributed by atoms with Crippen LogP contribution < -0.4 is 0 Å². The van der Waals surface area contributed by atoms with E-state index in [9.17, 15) is 12.8 Å². The molecule has 1 aliphatic rings. The summed E-state index contributed by atoms with van der Waals surface area (Å²) in [6.07, 6.45) is 2.95. The third-order valence-corrected chi connectivity index (χ3v) is 5.73. The van der Waals surface area contributed by atoms with Gasteiger partial charge in [-0.3, -0.25) is 4.68 Å². The van der Waals surface area contributed by atoms with Gasteiger partial charge in [0.05, 0.1) is 24.5 Å². The molecule has 0 amide bonds. The van der Waals surface area contributed by atoms with Crippen molar-refractivity contribution in [1.29, 1.82) is 5.26 Å². The van der Waals surface area contributed by atoms with E-state index in [-0.39, 0.29) is 30.2 Å². The van der Waals surface area contributed by atoms with E-state index in [4.69, 9.17) is 10.00 Å². The summed E-state index contributed by atoms with van der Waals surface area (Å²) in [6.45, 7) is 0.499. The number of halogens is 1. The Kier molecular flexibility index (Phi) is 4.36. The highest BCUT2D eigenvalue weighted by Crippen LogP contribution is 2.27. The highest BCUT2D eigenvalue weighted by Gasteiger charge is 2.33. The van der Waals surface area contributed by atoms with E-state index in [0.29, 0.717) is 0 Å². The minimum atomic E-state index is -3.92. The van der Waals surface area contributed by atoms with Crippen LogP contribution in [-0.4, -0.2) is 42.2 Å². The molecule has 0 spiro atoms. The van der Waals surface area contributed by atoms with Crippen molar-refractivity contribution in [2.24, 2.45) is 7.05 Å². The van der Waals surface area contributed by atoms with E-state index < -0.39 is 21.9 Å². The fourth-order valence-corrected chi connectivity index (χ4v) is 4.15. The molecule has 1 aromatic heterocycles. The smallest absolute Gasteiger partial charge is 0.244 e. The predicted octanol–water partition coefficient (Wildman–Crippen LogP) is 1.19. The van der Waals surface area contributed by atoms with Crippen LogP contribution in [0.4, 0.5) is 4.39 Å². The second kappa shape index (κ2) is 6.32. The molecule has 7 nitrogen and oxygen atoms in total. The first-order chi connectivity index (χ1) is 11.4. The summed E-state index contributed by atoms with van der Waals surface area (Å²) in [5, 5.41) is 13.2. The Labute approximate surface area is 138 Å². The van der Waals surface area contributed by atoms with Crippen molar-refractivity contribution in [3.8, 4) is 6.07 Å². The Morgan fingerprint density at radius 1 is 1.46 bits per heavy atom. The highest BCUT2D eigenvalue weighted by atomic mass is 32.2. The largest absolute Gasteiger partial charge is 0.371 e. The molecule has 1 aromatic carbocycles. The standard InChI is InChI=1S/C15H15FN4O3S/c1-19-9-12(8-18-19)14-10-20(4-5-23-14)24(21,22)15-3-2-13(16)6-11(15)7-17/h2-3,6,8-9,14H,4-5,10H2,1H3. The lowest BCUT2D eigenvalue weighted by Crippen LogP contribution is -2.42. The fraction of sp³-hybridized carbons (Fsp3) is 0.333. The predicted molar refractivity (Wildman–Crippen MR) is 81.8 cm³/mol. The van der Waals surface area contributed by atoms with Crippen LogP contribution in [0.2, 0.25) is 0 Å². The zero-order valence-electron chi connectivity index (χ0n) is 12.9. The van der Waals surface area contributed by atoms with Crippen LogP contribution in [0.3, 0.4) is 0 Å². The lowest BCUT2D eigenvalue weighted by Gasteiger charge is -2.31. The molecule has 9 heteroatoms. The van der Waals surface area contributed by atoms with Crippen molar-refractivity contribution >= 4 is 10.0 Å². The van der Waals surface area contributed by atoms with Gasteiger partial charge in [-0.05, 0) is 18.2 Å². The lowest BCUT2D eigenvalue weighted by molar-refractivity contribution is -0.00259. The van der Waals surface area contributed by atoms with Crippen molar-refractivity contribution in [2.45, 2.75) is 11.0 Å². The monoisotopic (exact) mass is 350 g/mol. The van der Waals surface area contributed by atoms with Gasteiger partial charge in [0, 0.05) is 31.9 Å². The Morgan fingerprint density at radius 3 is 2.92 bits per heavy atom. The molecule has 2 heterocycles. The molecule has 0 saturated carbocycles. The Bertz CT molecular complexity index is 904. The van der Waals surface area contributed by atoms with Crippen molar-refractivity contribution in [1.82, 2.24) is 14.1 Å². The van der Waals surface area contributed by atoms with Gasteiger partial charge in [-0.2, -0.15) is 14.7 Å². The second-order valence-corrected chi connectivity index (χ2v) is 7.33. The van der Waals surface area contributed by atoms with Crippen LogP contribution in [0, 0.1) is 17.1 Å². The van der Waals surface area contributed by atoms with Crippen LogP contribution in [0.5, 0.6) is 0 Å². The summed E-state index contributed by atoms with van der Waals surface area (Å²) in [4.78, 5) is -0.196. The maximum absolute atomic E-state index is 13.3. The number of rotatable bonds is 3. The number of hydrogen-bond donors (Lipinski definition) is 0.